The third kappa shape index (κ3) is 4.50. The van der Waals surface area contributed by atoms with Crippen molar-refractivity contribution in [3.8, 4) is 11.4 Å². The second-order valence-corrected chi connectivity index (χ2v) is 9.67. The Bertz CT molecular complexity index is 1580. The number of amides is 2. The number of rotatable bonds is 4. The van der Waals surface area contributed by atoms with E-state index in [1.807, 2.05) is 23.1 Å². The van der Waals surface area contributed by atoms with Gasteiger partial charge in [0.15, 0.2) is 5.69 Å². The average Bonchev–Trinajstić information content (AvgIpc) is 3.28. The van der Waals surface area contributed by atoms with Crippen LogP contribution in [0.1, 0.15) is 10.4 Å². The maximum absolute atomic E-state index is 13.3. The van der Waals surface area contributed by atoms with Crippen molar-refractivity contribution in [2.24, 2.45) is 0 Å². The predicted molar refractivity (Wildman–Crippen MR) is 144 cm³/mol. The van der Waals surface area contributed by atoms with Gasteiger partial charge in [0.25, 0.3) is 11.5 Å². The molecule has 2 aromatic heterocycles. The van der Waals surface area contributed by atoms with E-state index < -0.39 is 0 Å². The van der Waals surface area contributed by atoms with Crippen LogP contribution in [0, 0.1) is 0 Å². The summed E-state index contributed by atoms with van der Waals surface area (Å²) in [5, 5.41) is 0.662. The van der Waals surface area contributed by atoms with Gasteiger partial charge in [-0.05, 0) is 30.3 Å². The topological polar surface area (TPSA) is 141 Å². The number of carbonyl (C=O) groups excluding carboxylic acids is 2. The maximum atomic E-state index is 13.3. The van der Waals surface area contributed by atoms with Gasteiger partial charge in [0, 0.05) is 55.7 Å². The normalized spacial score (nSPS) is 16.8. The lowest BCUT2D eigenvalue weighted by atomic mass is 10.1. The fourth-order valence-electron chi connectivity index (χ4n) is 5.13. The molecule has 2 amide bonds. The first-order valence-corrected chi connectivity index (χ1v) is 12.8. The molecule has 0 bridgehead atoms. The van der Waals surface area contributed by atoms with E-state index >= 15 is 0 Å². The SMILES string of the molecule is Nc1c(-c2nc3ccccc3[nH]c2=O)[nH]c2ccc(C(=O)N3CCN(CC(=O)N4CCOCC4)CC3)cc12. The minimum Gasteiger partial charge on any atom is -0.396 e. The molecule has 4 heterocycles. The Labute approximate surface area is 218 Å². The number of nitrogens with one attached hydrogen (secondary N) is 2. The van der Waals surface area contributed by atoms with E-state index in [0.717, 1.165) is 5.52 Å². The third-order valence-corrected chi connectivity index (χ3v) is 7.30. The molecule has 38 heavy (non-hydrogen) atoms. The van der Waals surface area contributed by atoms with Crippen molar-refractivity contribution in [3.63, 3.8) is 0 Å². The predicted octanol–water partition coefficient (Wildman–Crippen LogP) is 1.27. The van der Waals surface area contributed by atoms with Gasteiger partial charge in [-0.25, -0.2) is 4.98 Å². The van der Waals surface area contributed by atoms with E-state index in [2.05, 4.69) is 19.9 Å². The zero-order valence-electron chi connectivity index (χ0n) is 20.9. The quantitative estimate of drug-likeness (QED) is 0.372. The van der Waals surface area contributed by atoms with Crippen molar-refractivity contribution in [1.82, 2.24) is 29.7 Å². The summed E-state index contributed by atoms with van der Waals surface area (Å²) in [6, 6.07) is 12.6. The van der Waals surface area contributed by atoms with Crippen LogP contribution in [-0.2, 0) is 9.53 Å². The largest absolute Gasteiger partial charge is 0.396 e. The number of fused-ring (bicyclic) bond motifs is 2. The molecule has 0 unspecified atom stereocenters. The highest BCUT2D eigenvalue weighted by atomic mass is 16.5. The van der Waals surface area contributed by atoms with Crippen LogP contribution >= 0.6 is 0 Å². The summed E-state index contributed by atoms with van der Waals surface area (Å²) >= 11 is 0. The van der Waals surface area contributed by atoms with Crippen LogP contribution in [0.3, 0.4) is 0 Å². The smallest absolute Gasteiger partial charge is 0.276 e. The van der Waals surface area contributed by atoms with Gasteiger partial charge in [-0.1, -0.05) is 12.1 Å². The van der Waals surface area contributed by atoms with Crippen LogP contribution in [0.5, 0.6) is 0 Å². The van der Waals surface area contributed by atoms with E-state index in [9.17, 15) is 14.4 Å². The van der Waals surface area contributed by atoms with Gasteiger partial charge in [-0.3, -0.25) is 19.3 Å². The first kappa shape index (κ1) is 24.1. The minimum absolute atomic E-state index is 0.0881. The molecule has 0 atom stereocenters. The highest BCUT2D eigenvalue weighted by molar-refractivity contribution is 6.04. The molecule has 11 heteroatoms. The van der Waals surface area contributed by atoms with E-state index in [4.69, 9.17) is 10.5 Å². The zero-order valence-corrected chi connectivity index (χ0v) is 20.9. The highest BCUT2D eigenvalue weighted by Crippen LogP contribution is 2.31. The zero-order chi connectivity index (χ0) is 26.2. The Morgan fingerprint density at radius 1 is 0.921 bits per heavy atom. The molecule has 2 aliphatic heterocycles. The molecule has 11 nitrogen and oxygen atoms in total. The summed E-state index contributed by atoms with van der Waals surface area (Å²) in [4.78, 5) is 54.9. The summed E-state index contributed by atoms with van der Waals surface area (Å²) in [6.07, 6.45) is 0. The molecule has 2 aliphatic rings. The van der Waals surface area contributed by atoms with E-state index in [0.29, 0.717) is 92.4 Å². The summed E-state index contributed by atoms with van der Waals surface area (Å²) < 4.78 is 5.32. The first-order chi connectivity index (χ1) is 18.5. The monoisotopic (exact) mass is 515 g/mol. The van der Waals surface area contributed by atoms with Crippen molar-refractivity contribution >= 4 is 39.4 Å². The fourth-order valence-corrected chi connectivity index (χ4v) is 5.13. The van der Waals surface area contributed by atoms with Crippen molar-refractivity contribution < 1.29 is 14.3 Å². The number of benzene rings is 2. The summed E-state index contributed by atoms with van der Waals surface area (Å²) in [7, 11) is 0. The number of nitrogens with two attached hydrogens (primary N) is 1. The number of hydrogen-bond donors (Lipinski definition) is 3. The van der Waals surface area contributed by atoms with Crippen LogP contribution in [0.15, 0.2) is 47.3 Å². The van der Waals surface area contributed by atoms with Crippen molar-refractivity contribution in [2.75, 3.05) is 64.8 Å². The summed E-state index contributed by atoms with van der Waals surface area (Å²) in [5.41, 5.74) is 9.65. The number of aromatic nitrogens is 3. The molecule has 2 aromatic carbocycles. The Kier molecular flexibility index (Phi) is 6.30. The second kappa shape index (κ2) is 9.92. The van der Waals surface area contributed by atoms with Crippen LogP contribution in [0.2, 0.25) is 0 Å². The lowest BCUT2D eigenvalue weighted by molar-refractivity contribution is -0.136. The lowest BCUT2D eigenvalue weighted by Crippen LogP contribution is -2.52. The fraction of sp³-hybridized carbons (Fsp3) is 0.333. The van der Waals surface area contributed by atoms with Gasteiger partial charge in [0.05, 0.1) is 42.2 Å². The molecule has 4 N–H and O–H groups in total. The Balaban J connectivity index is 1.17. The molecule has 0 aliphatic carbocycles. The Morgan fingerprint density at radius 3 is 2.47 bits per heavy atom. The number of morpholine rings is 1. The number of ether oxygens (including phenoxy) is 1. The molecule has 0 radical (unpaired) electrons. The molecular weight excluding hydrogens is 486 g/mol. The third-order valence-electron chi connectivity index (χ3n) is 7.30. The number of para-hydroxylation sites is 2. The molecule has 0 spiro atoms. The first-order valence-electron chi connectivity index (χ1n) is 12.8. The lowest BCUT2D eigenvalue weighted by Gasteiger charge is -2.36. The molecule has 2 saturated heterocycles. The highest BCUT2D eigenvalue weighted by Gasteiger charge is 2.26. The average molecular weight is 516 g/mol. The number of anilines is 1. The van der Waals surface area contributed by atoms with Crippen LogP contribution in [0.25, 0.3) is 33.3 Å². The second-order valence-electron chi connectivity index (χ2n) is 9.67. The van der Waals surface area contributed by atoms with Gasteiger partial charge >= 0.3 is 0 Å². The number of H-pyrrole nitrogens is 2. The van der Waals surface area contributed by atoms with Crippen LogP contribution < -0.4 is 11.3 Å². The number of piperazine rings is 1. The molecule has 196 valence electrons. The molecular formula is C27H29N7O4. The van der Waals surface area contributed by atoms with E-state index in [1.165, 1.54) is 0 Å². The minimum atomic E-state index is -0.344. The van der Waals surface area contributed by atoms with Gasteiger partial charge in [-0.2, -0.15) is 0 Å². The van der Waals surface area contributed by atoms with E-state index in [-0.39, 0.29) is 23.1 Å². The van der Waals surface area contributed by atoms with Gasteiger partial charge in [0.2, 0.25) is 5.91 Å². The van der Waals surface area contributed by atoms with Gasteiger partial charge in [-0.15, -0.1) is 0 Å². The van der Waals surface area contributed by atoms with Gasteiger partial charge in [0.1, 0.15) is 0 Å². The number of nitrogen functional groups attached to an aromatic ring is 1. The van der Waals surface area contributed by atoms with Crippen LogP contribution in [0.4, 0.5) is 5.69 Å². The number of hydrogen-bond acceptors (Lipinski definition) is 7. The Morgan fingerprint density at radius 2 is 1.68 bits per heavy atom. The van der Waals surface area contributed by atoms with Crippen LogP contribution in [-0.4, -0.2) is 100 Å². The molecule has 2 fully saturated rings. The van der Waals surface area contributed by atoms with E-state index in [1.54, 1.807) is 29.2 Å². The molecule has 0 saturated carbocycles. The standard InChI is InChI=1S/C27H29N7O4/c28-23-18-15-17(27(37)34-9-7-32(8-10-34)16-22(35)33-11-13-38-14-12-33)5-6-19(18)29-24(23)25-26(36)31-21-4-2-1-3-20(21)30-25/h1-6,15,29H,7-14,16,28H2,(H,31,36). The van der Waals surface area contributed by atoms with Gasteiger partial charge < -0.3 is 30.2 Å². The summed E-state index contributed by atoms with van der Waals surface area (Å²) in [5.74, 6) is 0.0203. The number of nitrogens with zero attached hydrogens (tertiary/aromatic N) is 4. The Hall–Kier alpha value is -4.22. The maximum Gasteiger partial charge on any atom is 0.276 e. The molecule has 6 rings (SSSR count). The number of carbonyl (C=O) groups is 2. The molecule has 4 aromatic rings. The van der Waals surface area contributed by atoms with Crippen molar-refractivity contribution in [3.05, 3.63) is 58.4 Å². The number of aromatic amines is 2. The van der Waals surface area contributed by atoms with Crippen molar-refractivity contribution in [2.45, 2.75) is 0 Å². The summed E-state index contributed by atoms with van der Waals surface area (Å²) in [6.45, 7) is 5.15. The van der Waals surface area contributed by atoms with Crippen molar-refractivity contribution in [1.29, 1.82) is 0 Å².